The van der Waals surface area contributed by atoms with Crippen LogP contribution in [0, 0.1) is 13.8 Å². The van der Waals surface area contributed by atoms with E-state index in [9.17, 15) is 14.4 Å². The number of aromatic nitrogens is 1. The Morgan fingerprint density at radius 2 is 1.70 bits per heavy atom. The Kier molecular flexibility index (Phi) is 8.58. The number of H-pyrrole nitrogens is 1. The minimum absolute atomic E-state index is 0.0703. The average molecular weight is 669 g/mol. The van der Waals surface area contributed by atoms with Crippen LogP contribution in [0.25, 0.3) is 11.6 Å². The summed E-state index contributed by atoms with van der Waals surface area (Å²) in [5, 5.41) is 8.69. The number of aromatic amines is 1. The Morgan fingerprint density at radius 3 is 2.45 bits per heavy atom. The number of rotatable bonds is 5. The van der Waals surface area contributed by atoms with E-state index in [2.05, 4.69) is 57.7 Å². The molecule has 2 aromatic carbocycles. The highest BCUT2D eigenvalue weighted by molar-refractivity contribution is 9.10. The van der Waals surface area contributed by atoms with Crippen LogP contribution in [0.2, 0.25) is 0 Å². The fourth-order valence-electron chi connectivity index (χ4n) is 5.33. The lowest BCUT2D eigenvalue weighted by molar-refractivity contribution is -0.115. The van der Waals surface area contributed by atoms with Gasteiger partial charge >= 0.3 is 0 Å². The van der Waals surface area contributed by atoms with Crippen LogP contribution in [0.15, 0.2) is 45.3 Å². The number of halogens is 2. The van der Waals surface area contributed by atoms with Gasteiger partial charge < -0.3 is 25.8 Å². The Labute approximate surface area is 250 Å². The minimum Gasteiger partial charge on any atom is -0.358 e. The first-order valence-corrected chi connectivity index (χ1v) is 14.9. The number of hydrogen-bond acceptors (Lipinski definition) is 4. The summed E-state index contributed by atoms with van der Waals surface area (Å²) in [5.74, 6) is -0.126. The fourth-order valence-corrected chi connectivity index (χ4v) is 6.10. The highest BCUT2D eigenvalue weighted by Gasteiger charge is 2.26. The number of carbonyl (C=O) groups is 3. The van der Waals surface area contributed by atoms with Crippen LogP contribution in [0.5, 0.6) is 0 Å². The van der Waals surface area contributed by atoms with Gasteiger partial charge in [0, 0.05) is 50.4 Å². The van der Waals surface area contributed by atoms with Gasteiger partial charge in [0.25, 0.3) is 11.8 Å². The molecule has 208 valence electrons. The molecule has 40 heavy (non-hydrogen) atoms. The molecule has 0 atom stereocenters. The number of fused-ring (bicyclic) bond motifs is 2. The Balaban J connectivity index is 0.000000244. The number of benzene rings is 2. The molecule has 0 bridgehead atoms. The predicted molar refractivity (Wildman–Crippen MR) is 165 cm³/mol. The molecule has 0 radical (unpaired) electrons. The van der Waals surface area contributed by atoms with Gasteiger partial charge in [0.2, 0.25) is 5.91 Å². The zero-order valence-corrected chi connectivity index (χ0v) is 25.6. The third-order valence-electron chi connectivity index (χ3n) is 7.36. The molecule has 3 aliphatic rings. The molecule has 0 unspecified atom stereocenters. The van der Waals surface area contributed by atoms with Crippen molar-refractivity contribution in [3.05, 3.63) is 79.0 Å². The number of amides is 3. The smallest absolute Gasteiger partial charge is 0.256 e. The van der Waals surface area contributed by atoms with Gasteiger partial charge in [0.1, 0.15) is 0 Å². The molecule has 4 N–H and O–H groups in total. The largest absolute Gasteiger partial charge is 0.358 e. The maximum absolute atomic E-state index is 12.8. The third kappa shape index (κ3) is 6.24. The molecule has 4 heterocycles. The molecule has 3 aliphatic heterocycles. The van der Waals surface area contributed by atoms with E-state index >= 15 is 0 Å². The van der Waals surface area contributed by atoms with E-state index < -0.39 is 0 Å². The summed E-state index contributed by atoms with van der Waals surface area (Å²) in [7, 11) is 0. The number of carbonyl (C=O) groups excluding carboxylic acids is 3. The van der Waals surface area contributed by atoms with Crippen LogP contribution in [0.3, 0.4) is 0 Å². The van der Waals surface area contributed by atoms with Crippen molar-refractivity contribution in [2.24, 2.45) is 0 Å². The second-order valence-corrected chi connectivity index (χ2v) is 12.0. The van der Waals surface area contributed by atoms with E-state index in [4.69, 9.17) is 0 Å². The third-order valence-corrected chi connectivity index (χ3v) is 8.35. The molecule has 6 rings (SSSR count). The van der Waals surface area contributed by atoms with Crippen molar-refractivity contribution >= 4 is 72.6 Å². The van der Waals surface area contributed by atoms with Crippen molar-refractivity contribution in [3.8, 4) is 0 Å². The van der Waals surface area contributed by atoms with Crippen LogP contribution >= 0.6 is 31.9 Å². The lowest BCUT2D eigenvalue weighted by Crippen LogP contribution is -2.33. The first kappa shape index (κ1) is 28.3. The van der Waals surface area contributed by atoms with Gasteiger partial charge in [0.05, 0.1) is 17.6 Å². The molecule has 1 aromatic heterocycles. The minimum atomic E-state index is -0.138. The van der Waals surface area contributed by atoms with Crippen molar-refractivity contribution in [3.63, 3.8) is 0 Å². The molecule has 3 aromatic rings. The second-order valence-electron chi connectivity index (χ2n) is 10.2. The topological polar surface area (TPSA) is 106 Å². The quantitative estimate of drug-likeness (QED) is 0.264. The summed E-state index contributed by atoms with van der Waals surface area (Å²) in [5.41, 5.74) is 7.36. The number of likely N-dealkylation sites (tertiary alicyclic amines) is 1. The first-order valence-electron chi connectivity index (χ1n) is 13.3. The monoisotopic (exact) mass is 667 g/mol. The van der Waals surface area contributed by atoms with E-state index in [-0.39, 0.29) is 17.7 Å². The number of hydrogen-bond donors (Lipinski definition) is 4. The highest BCUT2D eigenvalue weighted by Crippen LogP contribution is 2.35. The Morgan fingerprint density at radius 1 is 1.00 bits per heavy atom. The van der Waals surface area contributed by atoms with Crippen LogP contribution in [-0.2, 0) is 16.0 Å². The Hall–Kier alpha value is -3.21. The molecular formula is C30H31Br2N5O3. The maximum atomic E-state index is 12.8. The highest BCUT2D eigenvalue weighted by atomic mass is 79.9. The molecule has 1 fully saturated rings. The lowest BCUT2D eigenvalue weighted by atomic mass is 10.0. The van der Waals surface area contributed by atoms with Crippen LogP contribution in [0.1, 0.15) is 51.3 Å². The standard InChI is InChI=1S/C22H25BrN4O2.C8H6BrNO/c1-13-19(12-17-16-11-15(23)5-6-18(16)26-21(17)28)25-14(2)20(13)22(29)24-7-10-27-8-3-4-9-27;9-6-1-2-7-5(3-6)4-8(11)10-7/h5-6,11-12,25H,3-4,7-10H2,1-2H3,(H,24,29)(H,26,28);1-3H,4H2,(H,10,11). The van der Waals surface area contributed by atoms with Gasteiger partial charge in [-0.05, 0) is 93.4 Å². The molecule has 0 aliphatic carbocycles. The summed E-state index contributed by atoms with van der Waals surface area (Å²) < 4.78 is 1.93. The zero-order chi connectivity index (χ0) is 28.4. The van der Waals surface area contributed by atoms with Gasteiger partial charge in [-0.2, -0.15) is 0 Å². The van der Waals surface area contributed by atoms with E-state index in [1.165, 1.54) is 12.8 Å². The first-order chi connectivity index (χ1) is 19.2. The molecule has 0 saturated carbocycles. The van der Waals surface area contributed by atoms with Gasteiger partial charge in [-0.1, -0.05) is 31.9 Å². The van der Waals surface area contributed by atoms with Crippen LogP contribution in [-0.4, -0.2) is 53.8 Å². The molecule has 8 nitrogen and oxygen atoms in total. The van der Waals surface area contributed by atoms with Gasteiger partial charge in [0.15, 0.2) is 0 Å². The summed E-state index contributed by atoms with van der Waals surface area (Å²) in [6.07, 6.45) is 4.83. The Bertz CT molecular complexity index is 1520. The SMILES string of the molecule is Cc1[nH]c(C=C2C(=O)Nc3ccc(Br)cc32)c(C)c1C(=O)NCCN1CCCC1.O=C1Cc2cc(Br)ccc2N1. The molecule has 0 spiro atoms. The van der Waals surface area contributed by atoms with Crippen molar-refractivity contribution in [1.82, 2.24) is 15.2 Å². The van der Waals surface area contributed by atoms with E-state index in [1.54, 1.807) is 0 Å². The fraction of sp³-hybridized carbons (Fsp3) is 0.300. The van der Waals surface area contributed by atoms with Gasteiger partial charge in [-0.3, -0.25) is 14.4 Å². The van der Waals surface area contributed by atoms with Crippen LogP contribution < -0.4 is 16.0 Å². The van der Waals surface area contributed by atoms with E-state index in [0.717, 1.165) is 68.0 Å². The molecule has 10 heteroatoms. The number of nitrogens with one attached hydrogen (secondary N) is 4. The summed E-state index contributed by atoms with van der Waals surface area (Å²) in [6.45, 7) is 7.58. The summed E-state index contributed by atoms with van der Waals surface area (Å²) >= 11 is 6.81. The van der Waals surface area contributed by atoms with E-state index in [0.29, 0.717) is 24.1 Å². The molecule has 1 saturated heterocycles. The van der Waals surface area contributed by atoms with E-state index in [1.807, 2.05) is 56.3 Å². The van der Waals surface area contributed by atoms with Gasteiger partial charge in [-0.25, -0.2) is 0 Å². The maximum Gasteiger partial charge on any atom is 0.256 e. The second kappa shape index (κ2) is 12.1. The summed E-state index contributed by atoms with van der Waals surface area (Å²) in [4.78, 5) is 41.8. The zero-order valence-electron chi connectivity index (χ0n) is 22.4. The van der Waals surface area contributed by atoms with Gasteiger partial charge in [-0.15, -0.1) is 0 Å². The predicted octanol–water partition coefficient (Wildman–Crippen LogP) is 5.66. The number of anilines is 2. The number of nitrogens with zero attached hydrogens (tertiary/aromatic N) is 1. The van der Waals surface area contributed by atoms with Crippen molar-refractivity contribution < 1.29 is 14.4 Å². The normalized spacial score (nSPS) is 16.8. The number of aryl methyl sites for hydroxylation is 1. The van der Waals surface area contributed by atoms with Crippen LogP contribution in [0.4, 0.5) is 11.4 Å². The van der Waals surface area contributed by atoms with Crippen molar-refractivity contribution in [1.29, 1.82) is 0 Å². The molecule has 3 amide bonds. The molecular weight excluding hydrogens is 638 g/mol. The van der Waals surface area contributed by atoms with Crippen molar-refractivity contribution in [2.45, 2.75) is 33.1 Å². The van der Waals surface area contributed by atoms with Crippen molar-refractivity contribution in [2.75, 3.05) is 36.8 Å². The lowest BCUT2D eigenvalue weighted by Gasteiger charge is -2.14. The summed E-state index contributed by atoms with van der Waals surface area (Å²) in [6, 6.07) is 11.5. The average Bonchev–Trinajstić information content (AvgIpc) is 3.67.